The molecule has 1 aromatic heterocycles. The normalized spacial score (nSPS) is 20.8. The average Bonchev–Trinajstić information content (AvgIpc) is 2.97. The van der Waals surface area contributed by atoms with Gasteiger partial charge in [-0.2, -0.15) is 0 Å². The molecule has 114 valence electrons. The lowest BCUT2D eigenvalue weighted by molar-refractivity contribution is -0.146. The first-order chi connectivity index (χ1) is 10.6. The Bertz CT molecular complexity index is 697. The van der Waals surface area contributed by atoms with E-state index in [1.54, 1.807) is 11.4 Å². The fourth-order valence-corrected chi connectivity index (χ4v) is 3.72. The zero-order valence-electron chi connectivity index (χ0n) is 11.7. The highest BCUT2D eigenvalue weighted by Crippen LogP contribution is 2.40. The minimum atomic E-state index is -1.53. The minimum absolute atomic E-state index is 0.413. The highest BCUT2D eigenvalue weighted by Gasteiger charge is 2.44. The number of aliphatic hydroxyl groups excluding tert-OH is 1. The van der Waals surface area contributed by atoms with Crippen molar-refractivity contribution in [2.24, 2.45) is 0 Å². The fraction of sp³-hybridized carbons (Fsp3) is 0.250. The maximum Gasteiger partial charge on any atom is 0.315 e. The third kappa shape index (κ3) is 2.51. The van der Waals surface area contributed by atoms with Crippen LogP contribution in [-0.2, 0) is 16.0 Å². The number of carboxylic acid groups (broad SMARTS) is 1. The van der Waals surface area contributed by atoms with Crippen LogP contribution in [0.15, 0.2) is 41.8 Å². The summed E-state index contributed by atoms with van der Waals surface area (Å²) < 4.78 is 0. The van der Waals surface area contributed by atoms with E-state index in [0.29, 0.717) is 23.5 Å². The van der Waals surface area contributed by atoms with Gasteiger partial charge in [0, 0.05) is 11.4 Å². The predicted molar refractivity (Wildman–Crippen MR) is 83.2 cm³/mol. The Morgan fingerprint density at radius 3 is 2.64 bits per heavy atom. The second-order valence-electron chi connectivity index (χ2n) is 5.16. The quantitative estimate of drug-likeness (QED) is 0.902. The molecule has 0 bridgehead atoms. The molecule has 0 saturated heterocycles. The van der Waals surface area contributed by atoms with Crippen molar-refractivity contribution in [3.05, 3.63) is 52.2 Å². The number of nitrogens with zero attached hydrogens (tertiary/aromatic N) is 1. The van der Waals surface area contributed by atoms with Crippen LogP contribution in [0.1, 0.15) is 16.4 Å². The summed E-state index contributed by atoms with van der Waals surface area (Å²) in [6, 6.07) is 11.5. The number of amides is 1. The van der Waals surface area contributed by atoms with Crippen molar-refractivity contribution in [1.82, 2.24) is 0 Å². The molecular formula is C16H15NO4S. The van der Waals surface area contributed by atoms with E-state index in [-0.39, 0.29) is 0 Å². The van der Waals surface area contributed by atoms with Gasteiger partial charge in [-0.25, -0.2) is 0 Å². The van der Waals surface area contributed by atoms with Crippen LogP contribution in [0.5, 0.6) is 0 Å². The van der Waals surface area contributed by atoms with Gasteiger partial charge >= 0.3 is 5.97 Å². The largest absolute Gasteiger partial charge is 0.481 e. The van der Waals surface area contributed by atoms with E-state index in [4.69, 9.17) is 0 Å². The molecule has 0 radical (unpaired) electrons. The number of hydrogen-bond acceptors (Lipinski definition) is 4. The van der Waals surface area contributed by atoms with Gasteiger partial charge in [0.2, 0.25) is 0 Å². The number of carbonyl (C=O) groups is 2. The number of anilines is 1. The van der Waals surface area contributed by atoms with Crippen molar-refractivity contribution in [3.8, 4) is 0 Å². The molecule has 2 heterocycles. The Morgan fingerprint density at radius 2 is 1.95 bits per heavy atom. The molecule has 2 aromatic rings. The molecule has 2 unspecified atom stereocenters. The van der Waals surface area contributed by atoms with Crippen LogP contribution in [-0.4, -0.2) is 34.7 Å². The van der Waals surface area contributed by atoms with Crippen LogP contribution in [0.4, 0.5) is 5.69 Å². The Balaban J connectivity index is 1.87. The van der Waals surface area contributed by atoms with Gasteiger partial charge in [0.1, 0.15) is 5.92 Å². The van der Waals surface area contributed by atoms with Crippen LogP contribution in [0.2, 0.25) is 0 Å². The van der Waals surface area contributed by atoms with Crippen molar-refractivity contribution < 1.29 is 19.8 Å². The number of fused-ring (bicyclic) bond motifs is 1. The number of aliphatic hydroxyl groups is 1. The van der Waals surface area contributed by atoms with E-state index in [1.165, 1.54) is 16.2 Å². The van der Waals surface area contributed by atoms with Crippen LogP contribution in [0, 0.1) is 0 Å². The van der Waals surface area contributed by atoms with E-state index < -0.39 is 23.9 Å². The van der Waals surface area contributed by atoms with Crippen LogP contribution in [0.25, 0.3) is 0 Å². The van der Waals surface area contributed by atoms with Crippen LogP contribution in [0.3, 0.4) is 0 Å². The topological polar surface area (TPSA) is 77.8 Å². The van der Waals surface area contributed by atoms with Crippen molar-refractivity contribution in [2.75, 3.05) is 11.4 Å². The zero-order chi connectivity index (χ0) is 15.7. The summed E-state index contributed by atoms with van der Waals surface area (Å²) >= 11 is 1.26. The number of benzene rings is 1. The first-order valence-corrected chi connectivity index (χ1v) is 7.81. The van der Waals surface area contributed by atoms with Gasteiger partial charge in [-0.05, 0) is 23.4 Å². The fourth-order valence-electron chi connectivity index (χ4n) is 2.70. The molecular weight excluding hydrogens is 302 g/mol. The Labute approximate surface area is 131 Å². The molecule has 5 nitrogen and oxygen atoms in total. The number of thiophene rings is 1. The summed E-state index contributed by atoms with van der Waals surface area (Å²) in [4.78, 5) is 25.7. The molecule has 0 saturated carbocycles. The summed E-state index contributed by atoms with van der Waals surface area (Å²) in [5.41, 5.74) is 1.69. The lowest BCUT2D eigenvalue weighted by Gasteiger charge is -2.33. The van der Waals surface area contributed by atoms with Crippen molar-refractivity contribution in [3.63, 3.8) is 0 Å². The Morgan fingerprint density at radius 1 is 1.23 bits per heavy atom. The van der Waals surface area contributed by atoms with Gasteiger partial charge in [0.25, 0.3) is 5.91 Å². The molecule has 3 rings (SSSR count). The van der Waals surface area contributed by atoms with Gasteiger partial charge in [0.05, 0.1) is 5.69 Å². The van der Waals surface area contributed by atoms with Crippen LogP contribution >= 0.6 is 11.3 Å². The van der Waals surface area contributed by atoms with E-state index >= 15 is 0 Å². The van der Waals surface area contributed by atoms with E-state index in [0.717, 1.165) is 5.56 Å². The smallest absolute Gasteiger partial charge is 0.315 e. The number of carbonyl (C=O) groups excluding carboxylic acids is 1. The SMILES string of the molecule is O=C(O)C1c2sccc2N(CCc2ccccc2)C(=O)C1O. The molecule has 0 aliphatic carbocycles. The molecule has 1 aliphatic rings. The number of aliphatic carboxylic acids is 1. The Kier molecular flexibility index (Phi) is 3.96. The molecule has 22 heavy (non-hydrogen) atoms. The standard InChI is InChI=1S/C16H15NO4S/c18-13-12(16(20)21)14-11(7-9-22-14)17(15(13)19)8-6-10-4-2-1-3-5-10/h1-5,7,9,12-13,18H,6,8H2,(H,20,21). The lowest BCUT2D eigenvalue weighted by atomic mass is 9.94. The molecule has 0 fully saturated rings. The van der Waals surface area contributed by atoms with Crippen molar-refractivity contribution in [1.29, 1.82) is 0 Å². The highest BCUT2D eigenvalue weighted by molar-refractivity contribution is 7.10. The molecule has 6 heteroatoms. The Hall–Kier alpha value is -2.18. The van der Waals surface area contributed by atoms with E-state index in [9.17, 15) is 19.8 Å². The van der Waals surface area contributed by atoms with E-state index in [2.05, 4.69) is 0 Å². The lowest BCUT2D eigenvalue weighted by Crippen LogP contribution is -2.48. The number of hydrogen-bond donors (Lipinski definition) is 2. The molecule has 2 N–H and O–H groups in total. The minimum Gasteiger partial charge on any atom is -0.481 e. The summed E-state index contributed by atoms with van der Waals surface area (Å²) in [5.74, 6) is -2.89. The third-order valence-electron chi connectivity index (χ3n) is 3.81. The molecule has 2 atom stereocenters. The summed E-state index contributed by atoms with van der Waals surface area (Å²) in [7, 11) is 0. The monoisotopic (exact) mass is 317 g/mol. The van der Waals surface area contributed by atoms with Gasteiger partial charge in [-0.1, -0.05) is 30.3 Å². The molecule has 1 aromatic carbocycles. The van der Waals surface area contributed by atoms with Crippen LogP contribution < -0.4 is 4.90 Å². The second kappa shape index (κ2) is 5.90. The summed E-state index contributed by atoms with van der Waals surface area (Å²) in [6.45, 7) is 0.413. The van der Waals surface area contributed by atoms with Gasteiger partial charge < -0.3 is 15.1 Å². The first-order valence-electron chi connectivity index (χ1n) is 6.93. The summed E-state index contributed by atoms with van der Waals surface area (Å²) in [6.07, 6.45) is -0.883. The predicted octanol–water partition coefficient (Wildman–Crippen LogP) is 1.87. The van der Waals surface area contributed by atoms with Gasteiger partial charge in [0.15, 0.2) is 6.10 Å². The van der Waals surface area contributed by atoms with Crippen molar-refractivity contribution >= 4 is 28.9 Å². The maximum absolute atomic E-state index is 12.3. The average molecular weight is 317 g/mol. The highest BCUT2D eigenvalue weighted by atomic mass is 32.1. The first kappa shape index (κ1) is 14.7. The van der Waals surface area contributed by atoms with Gasteiger partial charge in [-0.3, -0.25) is 9.59 Å². The van der Waals surface area contributed by atoms with E-state index in [1.807, 2.05) is 30.3 Å². The number of carboxylic acids is 1. The molecule has 0 spiro atoms. The third-order valence-corrected chi connectivity index (χ3v) is 4.80. The maximum atomic E-state index is 12.3. The molecule has 1 aliphatic heterocycles. The molecule has 1 amide bonds. The second-order valence-corrected chi connectivity index (χ2v) is 6.10. The zero-order valence-corrected chi connectivity index (χ0v) is 12.5. The number of rotatable bonds is 4. The summed E-state index contributed by atoms with van der Waals surface area (Å²) in [5, 5.41) is 21.1. The van der Waals surface area contributed by atoms with Crippen molar-refractivity contribution in [2.45, 2.75) is 18.4 Å². The van der Waals surface area contributed by atoms with Gasteiger partial charge in [-0.15, -0.1) is 11.3 Å².